The number of carbonyl (C=O) groups is 1. The maximum Gasteiger partial charge on any atom is 0.242 e. The minimum absolute atomic E-state index is 0.608. The third kappa shape index (κ3) is 3.83. The van der Waals surface area contributed by atoms with E-state index in [4.69, 9.17) is 0 Å². The first-order valence-electron chi connectivity index (χ1n) is 6.05. The minimum atomic E-state index is -2.25. The Morgan fingerprint density at radius 2 is 1.29 bits per heavy atom. The van der Waals surface area contributed by atoms with Gasteiger partial charge in [-0.15, -0.1) is 0 Å². The summed E-state index contributed by atoms with van der Waals surface area (Å²) in [5, 5.41) is 4.51. The lowest BCUT2D eigenvalue weighted by Crippen LogP contribution is -2.47. The number of amides is 1. The highest BCUT2D eigenvalue weighted by Crippen LogP contribution is 2.27. The second-order valence-electron chi connectivity index (χ2n) is 5.55. The molecule has 0 heterocycles. The third-order valence-corrected chi connectivity index (χ3v) is 2.46. The molecular weight excluding hydrogens is 295 g/mol. The number of hydrogen-bond acceptors (Lipinski definition) is 2. The second kappa shape index (κ2) is 5.87. The van der Waals surface area contributed by atoms with Gasteiger partial charge in [-0.3, -0.25) is 4.79 Å². The molecule has 0 aliphatic rings. The number of benzene rings is 1. The van der Waals surface area contributed by atoms with Crippen LogP contribution in [-0.2, 0) is 4.79 Å². The Morgan fingerprint density at radius 1 is 0.905 bits per heavy atom. The van der Waals surface area contributed by atoms with Crippen molar-refractivity contribution < 1.29 is 26.7 Å². The molecule has 8 heteroatoms. The molecule has 1 aromatic carbocycles. The van der Waals surface area contributed by atoms with Gasteiger partial charge in [-0.2, -0.15) is 0 Å². The Hall–Kier alpha value is -1.86. The summed E-state index contributed by atoms with van der Waals surface area (Å²) < 4.78 is 65.8. The maximum absolute atomic E-state index is 13.4. The zero-order chi connectivity index (χ0) is 16.5. The van der Waals surface area contributed by atoms with Crippen LogP contribution in [0, 0.1) is 29.1 Å². The van der Waals surface area contributed by atoms with Gasteiger partial charge in [-0.25, -0.2) is 22.0 Å². The summed E-state index contributed by atoms with van der Waals surface area (Å²) >= 11 is 0. The summed E-state index contributed by atoms with van der Waals surface area (Å²) in [6.45, 7) is 6.27. The van der Waals surface area contributed by atoms with Crippen molar-refractivity contribution in [1.82, 2.24) is 5.32 Å². The van der Waals surface area contributed by atoms with Crippen molar-refractivity contribution in [2.75, 3.05) is 5.32 Å². The lowest BCUT2D eigenvalue weighted by Gasteiger charge is -2.24. The molecular formula is C13H15F5N2O. The Bertz CT molecular complexity index is 540. The van der Waals surface area contributed by atoms with Crippen LogP contribution in [0.2, 0.25) is 0 Å². The Morgan fingerprint density at radius 3 is 1.67 bits per heavy atom. The maximum atomic E-state index is 13.4. The molecule has 0 spiro atoms. The summed E-state index contributed by atoms with van der Waals surface area (Å²) in [7, 11) is 0. The quantitative estimate of drug-likeness (QED) is 0.512. The average Bonchev–Trinajstić information content (AvgIpc) is 2.37. The Kier molecular flexibility index (Phi) is 4.80. The van der Waals surface area contributed by atoms with E-state index in [1.165, 1.54) is 6.92 Å². The van der Waals surface area contributed by atoms with Gasteiger partial charge in [0.25, 0.3) is 0 Å². The monoisotopic (exact) mass is 310 g/mol. The molecule has 3 nitrogen and oxygen atoms in total. The van der Waals surface area contributed by atoms with Crippen LogP contribution in [-0.4, -0.2) is 17.5 Å². The fourth-order valence-corrected chi connectivity index (χ4v) is 1.49. The van der Waals surface area contributed by atoms with E-state index in [-0.39, 0.29) is 0 Å². The van der Waals surface area contributed by atoms with Gasteiger partial charge < -0.3 is 10.6 Å². The van der Waals surface area contributed by atoms with E-state index in [1.807, 2.05) is 5.32 Å². The molecule has 0 saturated heterocycles. The smallest absolute Gasteiger partial charge is 0.242 e. The van der Waals surface area contributed by atoms with E-state index in [0.717, 1.165) is 0 Å². The molecule has 0 aromatic heterocycles. The summed E-state index contributed by atoms with van der Waals surface area (Å²) in [5.41, 5.74) is -1.84. The topological polar surface area (TPSA) is 41.1 Å². The molecule has 0 aliphatic carbocycles. The second-order valence-corrected chi connectivity index (χ2v) is 5.55. The number of carbonyl (C=O) groups excluding carboxylic acids is 1. The van der Waals surface area contributed by atoms with Crippen molar-refractivity contribution in [2.45, 2.75) is 39.3 Å². The van der Waals surface area contributed by atoms with E-state index in [9.17, 15) is 26.7 Å². The zero-order valence-corrected chi connectivity index (χ0v) is 11.9. The highest BCUT2D eigenvalue weighted by atomic mass is 19.2. The van der Waals surface area contributed by atoms with Crippen LogP contribution in [0.1, 0.15) is 27.7 Å². The summed E-state index contributed by atoms with van der Waals surface area (Å²) in [5.74, 6) is -11.1. The van der Waals surface area contributed by atoms with Gasteiger partial charge in [-0.05, 0) is 27.7 Å². The van der Waals surface area contributed by atoms with Crippen LogP contribution in [0.25, 0.3) is 0 Å². The molecule has 0 fully saturated rings. The van der Waals surface area contributed by atoms with E-state index in [2.05, 4.69) is 5.32 Å². The predicted molar refractivity (Wildman–Crippen MR) is 67.2 cm³/mol. The van der Waals surface area contributed by atoms with Gasteiger partial charge in [0.15, 0.2) is 23.3 Å². The van der Waals surface area contributed by atoms with Gasteiger partial charge in [0, 0.05) is 5.54 Å². The fraction of sp³-hybridized carbons (Fsp3) is 0.462. The molecule has 2 N–H and O–H groups in total. The van der Waals surface area contributed by atoms with Crippen LogP contribution < -0.4 is 10.6 Å². The number of anilines is 1. The van der Waals surface area contributed by atoms with E-state index >= 15 is 0 Å². The van der Waals surface area contributed by atoms with Crippen LogP contribution in [0.15, 0.2) is 0 Å². The molecule has 118 valence electrons. The van der Waals surface area contributed by atoms with Crippen molar-refractivity contribution >= 4 is 11.6 Å². The molecule has 0 radical (unpaired) electrons. The van der Waals surface area contributed by atoms with E-state index in [0.29, 0.717) is 0 Å². The highest BCUT2D eigenvalue weighted by molar-refractivity contribution is 5.84. The summed E-state index contributed by atoms with van der Waals surface area (Å²) in [6.07, 6.45) is 0. The van der Waals surface area contributed by atoms with Crippen molar-refractivity contribution in [2.24, 2.45) is 0 Å². The summed E-state index contributed by atoms with van der Waals surface area (Å²) in [6, 6.07) is -1.20. The lowest BCUT2D eigenvalue weighted by atomic mass is 10.1. The first kappa shape index (κ1) is 17.2. The van der Waals surface area contributed by atoms with Gasteiger partial charge >= 0.3 is 0 Å². The van der Waals surface area contributed by atoms with Crippen LogP contribution in [0.5, 0.6) is 0 Å². The first-order valence-corrected chi connectivity index (χ1v) is 6.05. The molecule has 1 unspecified atom stereocenters. The normalized spacial score (nSPS) is 13.0. The average molecular weight is 310 g/mol. The van der Waals surface area contributed by atoms with Gasteiger partial charge in [-0.1, -0.05) is 0 Å². The van der Waals surface area contributed by atoms with Gasteiger partial charge in [0.05, 0.1) is 0 Å². The van der Waals surface area contributed by atoms with Crippen molar-refractivity contribution in [3.8, 4) is 0 Å². The molecule has 0 aliphatic heterocycles. The standard InChI is InChI=1S/C13H15F5N2O/c1-5(12(21)20-13(2,3)4)19-11-9(17)7(15)6(14)8(16)10(11)18/h5,19H,1-4H3,(H,20,21). The summed E-state index contributed by atoms with van der Waals surface area (Å²) in [4.78, 5) is 11.7. The Labute approximate surface area is 118 Å². The van der Waals surface area contributed by atoms with Crippen molar-refractivity contribution in [1.29, 1.82) is 0 Å². The molecule has 0 bridgehead atoms. The molecule has 21 heavy (non-hydrogen) atoms. The number of nitrogens with one attached hydrogen (secondary N) is 2. The number of hydrogen-bond donors (Lipinski definition) is 2. The highest BCUT2D eigenvalue weighted by Gasteiger charge is 2.28. The van der Waals surface area contributed by atoms with Crippen LogP contribution in [0.3, 0.4) is 0 Å². The first-order chi connectivity index (χ1) is 9.45. The Balaban J connectivity index is 3.06. The van der Waals surface area contributed by atoms with Crippen LogP contribution in [0.4, 0.5) is 27.6 Å². The predicted octanol–water partition coefficient (Wildman–Crippen LogP) is 3.10. The molecule has 1 aromatic rings. The van der Waals surface area contributed by atoms with E-state index < -0.39 is 52.3 Å². The van der Waals surface area contributed by atoms with Crippen LogP contribution >= 0.6 is 0 Å². The van der Waals surface area contributed by atoms with Crippen molar-refractivity contribution in [3.05, 3.63) is 29.1 Å². The largest absolute Gasteiger partial charge is 0.369 e. The number of halogens is 5. The molecule has 0 saturated carbocycles. The zero-order valence-electron chi connectivity index (χ0n) is 11.9. The SMILES string of the molecule is CC(Nc1c(F)c(F)c(F)c(F)c1F)C(=O)NC(C)(C)C. The number of rotatable bonds is 3. The minimum Gasteiger partial charge on any atom is -0.369 e. The molecule has 1 atom stereocenters. The van der Waals surface area contributed by atoms with Crippen molar-refractivity contribution in [3.63, 3.8) is 0 Å². The van der Waals surface area contributed by atoms with Gasteiger partial charge in [0.1, 0.15) is 11.7 Å². The molecule has 1 rings (SSSR count). The fourth-order valence-electron chi connectivity index (χ4n) is 1.49. The van der Waals surface area contributed by atoms with Gasteiger partial charge in [0.2, 0.25) is 11.7 Å². The van der Waals surface area contributed by atoms with E-state index in [1.54, 1.807) is 20.8 Å². The molecule has 1 amide bonds. The lowest BCUT2D eigenvalue weighted by molar-refractivity contribution is -0.122. The third-order valence-electron chi connectivity index (χ3n) is 2.46.